The summed E-state index contributed by atoms with van der Waals surface area (Å²) in [6.07, 6.45) is 2.19. The molecule has 31 heavy (non-hydrogen) atoms. The Bertz CT molecular complexity index is 1110. The van der Waals surface area contributed by atoms with Crippen LogP contribution in [0.4, 0.5) is 0 Å². The number of halogens is 1. The van der Waals surface area contributed by atoms with Gasteiger partial charge in [0.15, 0.2) is 0 Å². The van der Waals surface area contributed by atoms with E-state index in [4.69, 9.17) is 16.3 Å². The van der Waals surface area contributed by atoms with Gasteiger partial charge in [-0.2, -0.15) is 0 Å². The van der Waals surface area contributed by atoms with Crippen molar-refractivity contribution in [3.63, 3.8) is 0 Å². The Morgan fingerprint density at radius 2 is 1.61 bits per heavy atom. The van der Waals surface area contributed by atoms with Crippen LogP contribution in [0.15, 0.2) is 71.7 Å². The number of carbonyl (C=O) groups is 2. The molecule has 2 N–H and O–H groups in total. The SMILES string of the molecule is COc1ccc(CCC(=O)NNC(=O)c2ccc(=O)n(Cc3ccc(Cl)cc3)c2)cc1. The van der Waals surface area contributed by atoms with Gasteiger partial charge < -0.3 is 9.30 Å². The van der Waals surface area contributed by atoms with E-state index < -0.39 is 5.91 Å². The average molecular weight is 440 g/mol. The third-order valence-electron chi connectivity index (χ3n) is 4.63. The van der Waals surface area contributed by atoms with Crippen molar-refractivity contribution in [2.24, 2.45) is 0 Å². The van der Waals surface area contributed by atoms with E-state index in [1.54, 1.807) is 19.2 Å². The molecule has 8 heteroatoms. The van der Waals surface area contributed by atoms with Crippen molar-refractivity contribution in [3.05, 3.63) is 98.9 Å². The van der Waals surface area contributed by atoms with E-state index in [9.17, 15) is 14.4 Å². The molecule has 0 aliphatic carbocycles. The Kier molecular flexibility index (Phi) is 7.45. The van der Waals surface area contributed by atoms with Crippen LogP contribution >= 0.6 is 11.6 Å². The maximum atomic E-state index is 12.4. The van der Waals surface area contributed by atoms with Crippen molar-refractivity contribution in [1.29, 1.82) is 0 Å². The number of ether oxygens (including phenoxy) is 1. The highest BCUT2D eigenvalue weighted by molar-refractivity contribution is 6.30. The molecule has 1 heterocycles. The molecule has 3 rings (SSSR count). The van der Waals surface area contributed by atoms with Gasteiger partial charge in [0.2, 0.25) is 5.91 Å². The Morgan fingerprint density at radius 1 is 0.935 bits per heavy atom. The lowest BCUT2D eigenvalue weighted by molar-refractivity contribution is -0.121. The van der Waals surface area contributed by atoms with Crippen molar-refractivity contribution in [2.75, 3.05) is 7.11 Å². The Labute approximate surface area is 184 Å². The first-order valence-corrected chi connectivity index (χ1v) is 9.99. The van der Waals surface area contributed by atoms with E-state index in [1.165, 1.54) is 22.9 Å². The highest BCUT2D eigenvalue weighted by Crippen LogP contribution is 2.12. The van der Waals surface area contributed by atoms with Crippen molar-refractivity contribution in [2.45, 2.75) is 19.4 Å². The van der Waals surface area contributed by atoms with E-state index in [0.29, 0.717) is 18.0 Å². The average Bonchev–Trinajstić information content (AvgIpc) is 2.79. The fourth-order valence-corrected chi connectivity index (χ4v) is 3.01. The van der Waals surface area contributed by atoms with Gasteiger partial charge in [-0.25, -0.2) is 0 Å². The standard InChI is InChI=1S/C23H22ClN3O4/c1-31-20-10-4-16(5-11-20)6-12-21(28)25-26-23(30)18-7-13-22(29)27(15-18)14-17-2-8-19(24)9-3-17/h2-5,7-11,13,15H,6,12,14H2,1H3,(H,25,28)(H,26,30). The van der Waals surface area contributed by atoms with E-state index >= 15 is 0 Å². The minimum atomic E-state index is -0.511. The monoisotopic (exact) mass is 439 g/mol. The third-order valence-corrected chi connectivity index (χ3v) is 4.88. The van der Waals surface area contributed by atoms with Crippen LogP contribution in [0.2, 0.25) is 5.02 Å². The van der Waals surface area contributed by atoms with Gasteiger partial charge in [0, 0.05) is 23.7 Å². The van der Waals surface area contributed by atoms with Crippen molar-refractivity contribution < 1.29 is 14.3 Å². The van der Waals surface area contributed by atoms with Gasteiger partial charge in [-0.3, -0.25) is 25.2 Å². The topological polar surface area (TPSA) is 89.4 Å². The number of methoxy groups -OCH3 is 1. The van der Waals surface area contributed by atoms with Gasteiger partial charge in [0.25, 0.3) is 11.5 Å². The number of hydrogen-bond donors (Lipinski definition) is 2. The summed E-state index contributed by atoms with van der Waals surface area (Å²) in [7, 11) is 1.59. The molecule has 7 nitrogen and oxygen atoms in total. The maximum absolute atomic E-state index is 12.4. The number of pyridine rings is 1. The summed E-state index contributed by atoms with van der Waals surface area (Å²) in [4.78, 5) is 36.5. The molecular weight excluding hydrogens is 418 g/mol. The van der Waals surface area contributed by atoms with Crippen LogP contribution in [0.25, 0.3) is 0 Å². The number of rotatable bonds is 7. The maximum Gasteiger partial charge on any atom is 0.271 e. The van der Waals surface area contributed by atoms with E-state index in [-0.39, 0.29) is 23.5 Å². The molecule has 0 bridgehead atoms. The van der Waals surface area contributed by atoms with Gasteiger partial charge >= 0.3 is 0 Å². The number of aryl methyl sites for hydroxylation is 1. The van der Waals surface area contributed by atoms with Crippen molar-refractivity contribution in [1.82, 2.24) is 15.4 Å². The Morgan fingerprint density at radius 3 is 2.29 bits per heavy atom. The zero-order valence-electron chi connectivity index (χ0n) is 16.9. The molecule has 0 aliphatic rings. The first kappa shape index (κ1) is 22.1. The van der Waals surface area contributed by atoms with Crippen LogP contribution in [0.5, 0.6) is 5.75 Å². The summed E-state index contributed by atoms with van der Waals surface area (Å²) in [6.45, 7) is 0.297. The number of nitrogens with zero attached hydrogens (tertiary/aromatic N) is 1. The summed E-state index contributed by atoms with van der Waals surface area (Å²) in [5, 5.41) is 0.604. The molecular formula is C23H22ClN3O4. The molecule has 0 fully saturated rings. The minimum absolute atomic E-state index is 0.211. The molecule has 3 aromatic rings. The van der Waals surface area contributed by atoms with Crippen LogP contribution in [-0.2, 0) is 17.8 Å². The second-order valence-corrected chi connectivity index (χ2v) is 7.30. The van der Waals surface area contributed by atoms with Crippen molar-refractivity contribution in [3.8, 4) is 5.75 Å². The second-order valence-electron chi connectivity index (χ2n) is 6.86. The number of aromatic nitrogens is 1. The molecule has 1 aromatic heterocycles. The molecule has 2 amide bonds. The molecule has 0 unspecified atom stereocenters. The van der Waals surface area contributed by atoms with Crippen LogP contribution in [0, 0.1) is 0 Å². The fourth-order valence-electron chi connectivity index (χ4n) is 2.89. The molecule has 160 valence electrons. The summed E-state index contributed by atoms with van der Waals surface area (Å²) < 4.78 is 6.52. The zero-order chi connectivity index (χ0) is 22.2. The molecule has 0 atom stereocenters. The Balaban J connectivity index is 1.54. The highest BCUT2D eigenvalue weighted by atomic mass is 35.5. The van der Waals surface area contributed by atoms with Crippen LogP contribution in [0.1, 0.15) is 27.9 Å². The lowest BCUT2D eigenvalue weighted by Crippen LogP contribution is -2.42. The zero-order valence-corrected chi connectivity index (χ0v) is 17.7. The molecule has 2 aromatic carbocycles. The van der Waals surface area contributed by atoms with Crippen molar-refractivity contribution >= 4 is 23.4 Å². The van der Waals surface area contributed by atoms with E-state index in [0.717, 1.165) is 16.9 Å². The minimum Gasteiger partial charge on any atom is -0.497 e. The number of benzene rings is 2. The predicted molar refractivity (Wildman–Crippen MR) is 118 cm³/mol. The van der Waals surface area contributed by atoms with Gasteiger partial charge in [0.1, 0.15) is 5.75 Å². The first-order chi connectivity index (χ1) is 14.9. The lowest BCUT2D eigenvalue weighted by atomic mass is 10.1. The Hall–Kier alpha value is -3.58. The molecule has 0 saturated carbocycles. The fraction of sp³-hybridized carbons (Fsp3) is 0.174. The summed E-state index contributed by atoms with van der Waals surface area (Å²) >= 11 is 5.88. The molecule has 0 aliphatic heterocycles. The van der Waals surface area contributed by atoms with Crippen LogP contribution in [-0.4, -0.2) is 23.5 Å². The van der Waals surface area contributed by atoms with E-state index in [1.807, 2.05) is 36.4 Å². The largest absolute Gasteiger partial charge is 0.497 e. The number of hydrogen-bond acceptors (Lipinski definition) is 4. The molecule has 0 radical (unpaired) electrons. The smallest absolute Gasteiger partial charge is 0.271 e. The molecule has 0 spiro atoms. The first-order valence-electron chi connectivity index (χ1n) is 9.61. The van der Waals surface area contributed by atoms with Gasteiger partial charge in [-0.05, 0) is 47.9 Å². The summed E-state index contributed by atoms with van der Waals surface area (Å²) in [5.74, 6) is -0.0841. The number of carbonyl (C=O) groups excluding carboxylic acids is 2. The predicted octanol–water partition coefficient (Wildman–Crippen LogP) is 2.95. The number of amides is 2. The van der Waals surface area contributed by atoms with Crippen LogP contribution < -0.4 is 21.1 Å². The highest BCUT2D eigenvalue weighted by Gasteiger charge is 2.10. The quantitative estimate of drug-likeness (QED) is 0.554. The third kappa shape index (κ3) is 6.45. The summed E-state index contributed by atoms with van der Waals surface area (Å²) in [6, 6.07) is 17.2. The second kappa shape index (κ2) is 10.4. The number of nitrogens with one attached hydrogen (secondary N) is 2. The lowest BCUT2D eigenvalue weighted by Gasteiger charge is -2.10. The summed E-state index contributed by atoms with van der Waals surface area (Å²) in [5.41, 5.74) is 6.65. The van der Waals surface area contributed by atoms with Crippen LogP contribution in [0.3, 0.4) is 0 Å². The molecule has 0 saturated heterocycles. The van der Waals surface area contributed by atoms with Gasteiger partial charge in [-0.1, -0.05) is 35.9 Å². The van der Waals surface area contributed by atoms with E-state index in [2.05, 4.69) is 10.9 Å². The number of hydrazine groups is 1. The van der Waals surface area contributed by atoms with Gasteiger partial charge in [-0.15, -0.1) is 0 Å². The van der Waals surface area contributed by atoms with Gasteiger partial charge in [0.05, 0.1) is 19.2 Å². The normalized spacial score (nSPS) is 10.4.